The molecule has 0 spiro atoms. The first-order valence-corrected chi connectivity index (χ1v) is 5.57. The van der Waals surface area contributed by atoms with E-state index in [2.05, 4.69) is 5.32 Å². The van der Waals surface area contributed by atoms with Crippen LogP contribution in [0, 0.1) is 23.0 Å². The standard InChI is InChI=1S/C12H16N2O4/c1-7(2)11(12(15)16)13-9-6-8(3)4-5-10(9)14(17)18/h4-7,11,13H,1-3H3,(H,15,16)/t11-/m0/s1. The van der Waals surface area contributed by atoms with Crippen LogP contribution in [0.3, 0.4) is 0 Å². The van der Waals surface area contributed by atoms with Crippen molar-refractivity contribution >= 4 is 17.3 Å². The molecule has 1 aromatic rings. The highest BCUT2D eigenvalue weighted by Gasteiger charge is 2.24. The minimum absolute atomic E-state index is 0.118. The van der Waals surface area contributed by atoms with Gasteiger partial charge in [0.15, 0.2) is 0 Å². The number of rotatable bonds is 5. The summed E-state index contributed by atoms with van der Waals surface area (Å²) in [6.45, 7) is 5.28. The van der Waals surface area contributed by atoms with Gasteiger partial charge in [-0.2, -0.15) is 0 Å². The van der Waals surface area contributed by atoms with Crippen LogP contribution in [0.1, 0.15) is 19.4 Å². The van der Waals surface area contributed by atoms with Crippen LogP contribution in [0.15, 0.2) is 18.2 Å². The molecule has 18 heavy (non-hydrogen) atoms. The lowest BCUT2D eigenvalue weighted by Crippen LogP contribution is -2.34. The first-order chi connectivity index (χ1) is 8.32. The van der Waals surface area contributed by atoms with Gasteiger partial charge in [0.05, 0.1) is 4.92 Å². The van der Waals surface area contributed by atoms with Gasteiger partial charge in [-0.25, -0.2) is 4.79 Å². The highest BCUT2D eigenvalue weighted by Crippen LogP contribution is 2.26. The molecular formula is C12H16N2O4. The SMILES string of the molecule is Cc1ccc([N+](=O)[O-])c(N[C@H](C(=O)O)C(C)C)c1. The van der Waals surface area contributed by atoms with E-state index < -0.39 is 16.9 Å². The molecular weight excluding hydrogens is 236 g/mol. The van der Waals surface area contributed by atoms with Crippen LogP contribution in [-0.2, 0) is 4.79 Å². The molecule has 0 unspecified atom stereocenters. The zero-order valence-electron chi connectivity index (χ0n) is 10.5. The Morgan fingerprint density at radius 3 is 2.50 bits per heavy atom. The summed E-state index contributed by atoms with van der Waals surface area (Å²) < 4.78 is 0. The van der Waals surface area contributed by atoms with E-state index in [0.717, 1.165) is 5.56 Å². The molecule has 0 aliphatic rings. The lowest BCUT2D eigenvalue weighted by atomic mass is 10.0. The van der Waals surface area contributed by atoms with E-state index in [9.17, 15) is 14.9 Å². The number of carbonyl (C=O) groups is 1. The second-order valence-electron chi connectivity index (χ2n) is 4.48. The summed E-state index contributed by atoms with van der Waals surface area (Å²) in [4.78, 5) is 21.4. The van der Waals surface area contributed by atoms with Crippen LogP contribution < -0.4 is 5.32 Å². The van der Waals surface area contributed by atoms with Crippen molar-refractivity contribution in [2.24, 2.45) is 5.92 Å². The largest absolute Gasteiger partial charge is 0.480 e. The smallest absolute Gasteiger partial charge is 0.326 e. The molecule has 6 heteroatoms. The number of carboxylic acid groups (broad SMARTS) is 1. The van der Waals surface area contributed by atoms with E-state index in [1.165, 1.54) is 6.07 Å². The zero-order valence-corrected chi connectivity index (χ0v) is 10.5. The topological polar surface area (TPSA) is 92.5 Å². The number of nitrogens with one attached hydrogen (secondary N) is 1. The molecule has 0 fully saturated rings. The molecule has 6 nitrogen and oxygen atoms in total. The van der Waals surface area contributed by atoms with Crippen molar-refractivity contribution in [3.8, 4) is 0 Å². The monoisotopic (exact) mass is 252 g/mol. The Morgan fingerprint density at radius 1 is 1.44 bits per heavy atom. The number of benzene rings is 1. The Hall–Kier alpha value is -2.11. The molecule has 0 heterocycles. The van der Waals surface area contributed by atoms with Crippen LogP contribution in [0.25, 0.3) is 0 Å². The van der Waals surface area contributed by atoms with Crippen molar-refractivity contribution in [2.75, 3.05) is 5.32 Å². The van der Waals surface area contributed by atoms with Gasteiger partial charge in [-0.15, -0.1) is 0 Å². The number of nitro benzene ring substituents is 1. The molecule has 0 bridgehead atoms. The maximum Gasteiger partial charge on any atom is 0.326 e. The fourth-order valence-corrected chi connectivity index (χ4v) is 1.61. The molecule has 0 aliphatic heterocycles. The number of carboxylic acids is 1. The van der Waals surface area contributed by atoms with Crippen LogP contribution in [0.4, 0.5) is 11.4 Å². The van der Waals surface area contributed by atoms with Crippen molar-refractivity contribution in [1.29, 1.82) is 0 Å². The number of nitro groups is 1. The summed E-state index contributed by atoms with van der Waals surface area (Å²) in [5, 5.41) is 22.7. The minimum Gasteiger partial charge on any atom is -0.480 e. The summed E-state index contributed by atoms with van der Waals surface area (Å²) in [6, 6.07) is 3.72. The van der Waals surface area contributed by atoms with Crippen LogP contribution in [0.5, 0.6) is 0 Å². The molecule has 2 N–H and O–H groups in total. The number of aryl methyl sites for hydroxylation is 1. The Bertz CT molecular complexity index is 471. The van der Waals surface area contributed by atoms with Gasteiger partial charge in [0.25, 0.3) is 5.69 Å². The zero-order chi connectivity index (χ0) is 13.9. The average Bonchev–Trinajstić information content (AvgIpc) is 2.24. The Morgan fingerprint density at radius 2 is 2.06 bits per heavy atom. The fourth-order valence-electron chi connectivity index (χ4n) is 1.61. The van der Waals surface area contributed by atoms with E-state index in [-0.39, 0.29) is 17.3 Å². The first kappa shape index (κ1) is 14.0. The fraction of sp³-hybridized carbons (Fsp3) is 0.417. The molecule has 98 valence electrons. The van der Waals surface area contributed by atoms with Gasteiger partial charge >= 0.3 is 5.97 Å². The van der Waals surface area contributed by atoms with Crippen LogP contribution >= 0.6 is 0 Å². The summed E-state index contributed by atoms with van der Waals surface area (Å²) in [7, 11) is 0. The van der Waals surface area contributed by atoms with Gasteiger partial charge in [-0.3, -0.25) is 10.1 Å². The molecule has 0 radical (unpaired) electrons. The maximum absolute atomic E-state index is 11.1. The average molecular weight is 252 g/mol. The normalized spacial score (nSPS) is 12.2. The van der Waals surface area contributed by atoms with Crippen LogP contribution in [-0.4, -0.2) is 22.0 Å². The second kappa shape index (κ2) is 5.48. The van der Waals surface area contributed by atoms with Crippen LogP contribution in [0.2, 0.25) is 0 Å². The number of hydrogen-bond donors (Lipinski definition) is 2. The highest BCUT2D eigenvalue weighted by molar-refractivity contribution is 5.79. The van der Waals surface area contributed by atoms with E-state index in [4.69, 9.17) is 5.11 Å². The van der Waals surface area contributed by atoms with Crippen molar-refractivity contribution < 1.29 is 14.8 Å². The van der Waals surface area contributed by atoms with Crippen molar-refractivity contribution in [3.05, 3.63) is 33.9 Å². The predicted molar refractivity (Wildman–Crippen MR) is 67.7 cm³/mol. The summed E-state index contributed by atoms with van der Waals surface area (Å²) >= 11 is 0. The van der Waals surface area contributed by atoms with E-state index in [1.54, 1.807) is 32.9 Å². The highest BCUT2D eigenvalue weighted by atomic mass is 16.6. The molecule has 0 saturated carbocycles. The quantitative estimate of drug-likeness (QED) is 0.620. The molecule has 1 rings (SSSR count). The number of hydrogen-bond acceptors (Lipinski definition) is 4. The third-order valence-corrected chi connectivity index (χ3v) is 2.59. The summed E-state index contributed by atoms with van der Waals surface area (Å²) in [5.41, 5.74) is 0.949. The van der Waals surface area contributed by atoms with Gasteiger partial charge in [-0.1, -0.05) is 19.9 Å². The van der Waals surface area contributed by atoms with E-state index >= 15 is 0 Å². The molecule has 1 atom stereocenters. The molecule has 0 aromatic heterocycles. The van der Waals surface area contributed by atoms with Crippen molar-refractivity contribution in [1.82, 2.24) is 0 Å². The van der Waals surface area contributed by atoms with Gasteiger partial charge in [-0.05, 0) is 24.5 Å². The Kier molecular flexibility index (Phi) is 4.25. The predicted octanol–water partition coefficient (Wildman–Crippen LogP) is 2.42. The first-order valence-electron chi connectivity index (χ1n) is 5.57. The maximum atomic E-state index is 11.1. The number of nitrogens with zero attached hydrogens (tertiary/aromatic N) is 1. The molecule has 0 aliphatic carbocycles. The third kappa shape index (κ3) is 3.19. The van der Waals surface area contributed by atoms with Gasteiger partial charge in [0, 0.05) is 6.07 Å². The number of anilines is 1. The van der Waals surface area contributed by atoms with Crippen molar-refractivity contribution in [2.45, 2.75) is 26.8 Å². The van der Waals surface area contributed by atoms with Gasteiger partial charge < -0.3 is 10.4 Å². The van der Waals surface area contributed by atoms with Gasteiger partial charge in [0.1, 0.15) is 11.7 Å². The summed E-state index contributed by atoms with van der Waals surface area (Å²) in [6.07, 6.45) is 0. The molecule has 0 amide bonds. The second-order valence-corrected chi connectivity index (χ2v) is 4.48. The third-order valence-electron chi connectivity index (χ3n) is 2.59. The summed E-state index contributed by atoms with van der Waals surface area (Å²) in [5.74, 6) is -1.21. The number of aliphatic carboxylic acids is 1. The molecule has 1 aromatic carbocycles. The lowest BCUT2D eigenvalue weighted by molar-refractivity contribution is -0.384. The molecule has 0 saturated heterocycles. The van der Waals surface area contributed by atoms with E-state index in [1.807, 2.05) is 0 Å². The lowest BCUT2D eigenvalue weighted by Gasteiger charge is -2.19. The van der Waals surface area contributed by atoms with Gasteiger partial charge in [0.2, 0.25) is 0 Å². The Balaban J connectivity index is 3.12. The minimum atomic E-state index is -1.03. The van der Waals surface area contributed by atoms with Crippen molar-refractivity contribution in [3.63, 3.8) is 0 Å². The Labute approximate surface area is 105 Å². The van der Waals surface area contributed by atoms with E-state index in [0.29, 0.717) is 0 Å².